The van der Waals surface area contributed by atoms with Crippen molar-refractivity contribution in [2.75, 3.05) is 24.7 Å². The van der Waals surface area contributed by atoms with Gasteiger partial charge in [-0.2, -0.15) is 26.3 Å². The van der Waals surface area contributed by atoms with E-state index in [-0.39, 0.29) is 17.5 Å². The third-order valence-corrected chi connectivity index (χ3v) is 7.87. The van der Waals surface area contributed by atoms with Crippen LogP contribution < -0.4 is 15.5 Å². The van der Waals surface area contributed by atoms with E-state index < -0.39 is 47.5 Å². The first-order valence-electron chi connectivity index (χ1n) is 13.3. The van der Waals surface area contributed by atoms with E-state index >= 15 is 0 Å². The molecule has 0 aliphatic carbocycles. The monoisotopic (exact) mass is 590 g/mol. The lowest BCUT2D eigenvalue weighted by atomic mass is 9.84. The number of para-hydroxylation sites is 1. The number of carbonyl (C=O) groups is 2. The van der Waals surface area contributed by atoms with Gasteiger partial charge in [-0.15, -0.1) is 0 Å². The Balaban J connectivity index is 1.36. The molecule has 0 saturated carbocycles. The average molecular weight is 591 g/mol. The van der Waals surface area contributed by atoms with Gasteiger partial charge in [0.1, 0.15) is 11.6 Å². The van der Waals surface area contributed by atoms with Crippen LogP contribution in [0.15, 0.2) is 78.9 Å². The summed E-state index contributed by atoms with van der Waals surface area (Å²) < 4.78 is 79.9. The number of alkyl halides is 6. The Bertz CT molecular complexity index is 1390. The van der Waals surface area contributed by atoms with Crippen LogP contribution in [-0.4, -0.2) is 42.0 Å². The molecule has 222 valence electrons. The van der Waals surface area contributed by atoms with Crippen molar-refractivity contribution >= 4 is 17.5 Å². The van der Waals surface area contributed by atoms with Gasteiger partial charge in [0.2, 0.25) is 11.8 Å². The van der Waals surface area contributed by atoms with Gasteiger partial charge in [0.25, 0.3) is 0 Å². The van der Waals surface area contributed by atoms with Crippen molar-refractivity contribution in [2.45, 2.75) is 43.3 Å². The zero-order valence-corrected chi connectivity index (χ0v) is 22.3. The number of carbonyl (C=O) groups excluding carboxylic acids is 2. The third kappa shape index (κ3) is 5.94. The van der Waals surface area contributed by atoms with Crippen LogP contribution in [0.3, 0.4) is 0 Å². The number of nitrogens with one attached hydrogen (secondary N) is 2. The highest BCUT2D eigenvalue weighted by Gasteiger charge is 2.51. The van der Waals surface area contributed by atoms with E-state index in [0.29, 0.717) is 50.3 Å². The molecule has 3 aromatic rings. The van der Waals surface area contributed by atoms with Crippen LogP contribution >= 0.6 is 0 Å². The van der Waals surface area contributed by atoms with Crippen LogP contribution in [0.5, 0.6) is 0 Å². The molecule has 12 heteroatoms. The van der Waals surface area contributed by atoms with Crippen molar-refractivity contribution in [3.05, 3.63) is 101 Å². The SMILES string of the molecule is O=C(NCc1cc(C(F)(F)F)cc(C(F)(F)F)c1)C(c1ccccc1)N1CCC2(CC1)C(=O)NCN2c1ccccc1. The van der Waals surface area contributed by atoms with Crippen molar-refractivity contribution < 1.29 is 35.9 Å². The number of benzene rings is 3. The second-order valence-corrected chi connectivity index (χ2v) is 10.4. The fourth-order valence-electron chi connectivity index (χ4n) is 5.76. The van der Waals surface area contributed by atoms with Gasteiger partial charge in [-0.3, -0.25) is 14.5 Å². The lowest BCUT2D eigenvalue weighted by Gasteiger charge is -2.45. The van der Waals surface area contributed by atoms with Crippen LogP contribution in [0.4, 0.5) is 32.0 Å². The fraction of sp³-hybridized carbons (Fsp3) is 0.333. The molecule has 42 heavy (non-hydrogen) atoms. The minimum atomic E-state index is -4.99. The van der Waals surface area contributed by atoms with Gasteiger partial charge in [0.05, 0.1) is 17.8 Å². The fourth-order valence-corrected chi connectivity index (χ4v) is 5.76. The zero-order chi connectivity index (χ0) is 30.1. The summed E-state index contributed by atoms with van der Waals surface area (Å²) in [5, 5.41) is 5.48. The number of nitrogens with zero attached hydrogens (tertiary/aromatic N) is 2. The first-order chi connectivity index (χ1) is 19.9. The molecule has 1 unspecified atom stereocenters. The van der Waals surface area contributed by atoms with Crippen LogP contribution in [-0.2, 0) is 28.5 Å². The Morgan fingerprint density at radius 1 is 0.857 bits per heavy atom. The Hall–Kier alpha value is -4.06. The molecule has 1 atom stereocenters. The molecule has 1 spiro atoms. The third-order valence-electron chi connectivity index (χ3n) is 7.87. The predicted octanol–water partition coefficient (Wildman–Crippen LogP) is 5.51. The number of halogens is 6. The van der Waals surface area contributed by atoms with Crippen LogP contribution in [0, 0.1) is 0 Å². The maximum Gasteiger partial charge on any atom is 0.416 e. The van der Waals surface area contributed by atoms with Crippen LogP contribution in [0.2, 0.25) is 0 Å². The summed E-state index contributed by atoms with van der Waals surface area (Å²) in [4.78, 5) is 30.5. The van der Waals surface area contributed by atoms with Crippen molar-refractivity contribution in [3.8, 4) is 0 Å². The number of anilines is 1. The topological polar surface area (TPSA) is 64.7 Å². The number of rotatable bonds is 6. The number of hydrogen-bond donors (Lipinski definition) is 2. The van der Waals surface area contributed by atoms with Gasteiger partial charge >= 0.3 is 12.4 Å². The van der Waals surface area contributed by atoms with Gasteiger partial charge in [-0.1, -0.05) is 48.5 Å². The Morgan fingerprint density at radius 2 is 1.40 bits per heavy atom. The molecular weight excluding hydrogens is 562 g/mol. The molecule has 2 amide bonds. The lowest BCUT2D eigenvalue weighted by molar-refractivity contribution is -0.143. The zero-order valence-electron chi connectivity index (χ0n) is 22.3. The molecular formula is C30H28F6N4O2. The quantitative estimate of drug-likeness (QED) is 0.372. The molecule has 6 nitrogen and oxygen atoms in total. The van der Waals surface area contributed by atoms with E-state index in [1.165, 1.54) is 0 Å². The van der Waals surface area contributed by atoms with Gasteiger partial charge in [-0.25, -0.2) is 0 Å². The normalized spacial score (nSPS) is 18.1. The minimum absolute atomic E-state index is 0.0551. The Morgan fingerprint density at radius 3 is 1.95 bits per heavy atom. The molecule has 0 bridgehead atoms. The largest absolute Gasteiger partial charge is 0.416 e. The van der Waals surface area contributed by atoms with Crippen LogP contribution in [0.1, 0.15) is 41.1 Å². The van der Waals surface area contributed by atoms with Gasteiger partial charge in [0.15, 0.2) is 0 Å². The molecule has 5 rings (SSSR count). The minimum Gasteiger partial charge on any atom is -0.350 e. The maximum absolute atomic E-state index is 13.6. The van der Waals surface area contributed by atoms with Crippen LogP contribution in [0.25, 0.3) is 0 Å². The summed E-state index contributed by atoms with van der Waals surface area (Å²) in [5.41, 5.74) is -2.51. The highest BCUT2D eigenvalue weighted by atomic mass is 19.4. The van der Waals surface area contributed by atoms with Gasteiger partial charge < -0.3 is 15.5 Å². The van der Waals surface area contributed by atoms with E-state index in [9.17, 15) is 35.9 Å². The molecule has 2 saturated heterocycles. The average Bonchev–Trinajstić information content (AvgIpc) is 3.28. The second kappa shape index (κ2) is 11.3. The van der Waals surface area contributed by atoms with Crippen molar-refractivity contribution in [1.29, 1.82) is 0 Å². The van der Waals surface area contributed by atoms with Crippen molar-refractivity contribution in [3.63, 3.8) is 0 Å². The smallest absolute Gasteiger partial charge is 0.350 e. The van der Waals surface area contributed by atoms with E-state index in [4.69, 9.17) is 0 Å². The van der Waals surface area contributed by atoms with Gasteiger partial charge in [-0.05, 0) is 54.3 Å². The predicted molar refractivity (Wildman–Crippen MR) is 143 cm³/mol. The van der Waals surface area contributed by atoms with Crippen molar-refractivity contribution in [2.24, 2.45) is 0 Å². The Kier molecular flexibility index (Phi) is 7.93. The summed E-state index contributed by atoms with van der Waals surface area (Å²) in [5.74, 6) is -0.671. The Labute approximate surface area is 238 Å². The summed E-state index contributed by atoms with van der Waals surface area (Å²) in [6.45, 7) is 0.524. The molecule has 2 fully saturated rings. The van der Waals surface area contributed by atoms with E-state index in [1.807, 2.05) is 40.1 Å². The van der Waals surface area contributed by atoms with E-state index in [2.05, 4.69) is 10.6 Å². The molecule has 2 N–H and O–H groups in total. The number of amides is 2. The standard InChI is InChI=1S/C30H28F6N4O2/c31-29(32,33)22-15-20(16-23(17-22)30(34,35)36)18-37-26(41)25(21-7-3-1-4-8-21)39-13-11-28(12-14-39)27(42)38-19-40(28)24-9-5-2-6-10-24/h1-10,15-17,25H,11-14,18-19H2,(H,37,41)(H,38,42). The number of hydrogen-bond acceptors (Lipinski definition) is 4. The highest BCUT2D eigenvalue weighted by molar-refractivity contribution is 5.93. The highest BCUT2D eigenvalue weighted by Crippen LogP contribution is 2.39. The summed E-state index contributed by atoms with van der Waals surface area (Å²) in [7, 11) is 0. The molecule has 2 heterocycles. The summed E-state index contributed by atoms with van der Waals surface area (Å²) in [6.07, 6.45) is -9.16. The van der Waals surface area contributed by atoms with E-state index in [0.717, 1.165) is 5.69 Å². The van der Waals surface area contributed by atoms with Crippen molar-refractivity contribution in [1.82, 2.24) is 15.5 Å². The van der Waals surface area contributed by atoms with Gasteiger partial charge in [0, 0.05) is 25.3 Å². The molecule has 0 radical (unpaired) electrons. The molecule has 0 aromatic heterocycles. The number of piperidine rings is 1. The molecule has 2 aliphatic heterocycles. The number of likely N-dealkylation sites (tertiary alicyclic amines) is 1. The second-order valence-electron chi connectivity index (χ2n) is 10.4. The maximum atomic E-state index is 13.6. The molecule has 3 aromatic carbocycles. The lowest BCUT2D eigenvalue weighted by Crippen LogP contribution is -2.57. The summed E-state index contributed by atoms with van der Waals surface area (Å²) >= 11 is 0. The summed E-state index contributed by atoms with van der Waals surface area (Å²) in [6, 6.07) is 18.6. The molecule has 2 aliphatic rings. The van der Waals surface area contributed by atoms with E-state index in [1.54, 1.807) is 30.3 Å². The first-order valence-corrected chi connectivity index (χ1v) is 13.3. The first kappa shape index (κ1) is 29.4.